The SMILES string of the molecule is COc1ccc(-c2cc(C(=O)N3CCCC[C@@H]3c3ccccn3)[nH]n2)cc1. The maximum Gasteiger partial charge on any atom is 0.272 e. The average molecular weight is 362 g/mol. The summed E-state index contributed by atoms with van der Waals surface area (Å²) in [4.78, 5) is 19.5. The van der Waals surface area contributed by atoms with Crippen LogP contribution in [0.5, 0.6) is 5.75 Å². The number of hydrogen-bond acceptors (Lipinski definition) is 4. The van der Waals surface area contributed by atoms with E-state index in [0.717, 1.165) is 48.5 Å². The van der Waals surface area contributed by atoms with E-state index in [4.69, 9.17) is 4.74 Å². The standard InChI is InChI=1S/C21H22N4O2/c1-27-16-10-8-15(9-11-16)18-14-19(24-23-18)21(26)25-13-5-3-7-20(25)17-6-2-4-12-22-17/h2,4,6,8-12,14,20H,3,5,7,13H2,1H3,(H,23,24)/t20-/m1/s1. The third kappa shape index (κ3) is 3.56. The highest BCUT2D eigenvalue weighted by Crippen LogP contribution is 2.31. The van der Waals surface area contributed by atoms with Crippen LogP contribution in [-0.2, 0) is 0 Å². The predicted molar refractivity (Wildman–Crippen MR) is 102 cm³/mol. The Morgan fingerprint density at radius 3 is 2.78 bits per heavy atom. The first-order valence-corrected chi connectivity index (χ1v) is 9.18. The van der Waals surface area contributed by atoms with Crippen LogP contribution in [0.3, 0.4) is 0 Å². The van der Waals surface area contributed by atoms with E-state index in [1.165, 1.54) is 0 Å². The molecule has 6 nitrogen and oxygen atoms in total. The Morgan fingerprint density at radius 1 is 1.19 bits per heavy atom. The van der Waals surface area contributed by atoms with Gasteiger partial charge in [0.15, 0.2) is 0 Å². The first kappa shape index (κ1) is 17.3. The van der Waals surface area contributed by atoms with Crippen LogP contribution in [0.2, 0.25) is 0 Å². The van der Waals surface area contributed by atoms with Gasteiger partial charge in [-0.2, -0.15) is 5.10 Å². The molecule has 1 saturated heterocycles. The minimum Gasteiger partial charge on any atom is -0.497 e. The molecule has 3 aromatic rings. The molecule has 1 aliphatic rings. The number of amides is 1. The normalized spacial score (nSPS) is 16.9. The van der Waals surface area contributed by atoms with Gasteiger partial charge < -0.3 is 9.64 Å². The van der Waals surface area contributed by atoms with Gasteiger partial charge in [-0.1, -0.05) is 6.07 Å². The van der Waals surface area contributed by atoms with Crippen LogP contribution < -0.4 is 4.74 Å². The highest BCUT2D eigenvalue weighted by atomic mass is 16.5. The molecule has 1 aliphatic heterocycles. The summed E-state index contributed by atoms with van der Waals surface area (Å²) in [5.74, 6) is 0.759. The number of pyridine rings is 1. The summed E-state index contributed by atoms with van der Waals surface area (Å²) in [6.45, 7) is 0.733. The van der Waals surface area contributed by atoms with Crippen molar-refractivity contribution in [3.8, 4) is 17.0 Å². The molecule has 1 atom stereocenters. The Balaban J connectivity index is 1.57. The number of aromatic nitrogens is 3. The molecule has 2 aromatic heterocycles. The number of hydrogen-bond donors (Lipinski definition) is 1. The third-order valence-corrected chi connectivity index (χ3v) is 4.99. The van der Waals surface area contributed by atoms with Crippen molar-refractivity contribution in [1.29, 1.82) is 0 Å². The number of piperidine rings is 1. The first-order chi connectivity index (χ1) is 13.3. The maximum atomic E-state index is 13.1. The Kier molecular flexibility index (Phi) is 4.87. The number of H-pyrrole nitrogens is 1. The summed E-state index contributed by atoms with van der Waals surface area (Å²) in [7, 11) is 1.64. The third-order valence-electron chi connectivity index (χ3n) is 4.99. The number of nitrogens with zero attached hydrogens (tertiary/aromatic N) is 3. The summed E-state index contributed by atoms with van der Waals surface area (Å²) in [6, 6.07) is 15.3. The molecule has 1 fully saturated rings. The molecule has 1 N–H and O–H groups in total. The van der Waals surface area contributed by atoms with Crippen LogP contribution in [0, 0.1) is 0 Å². The van der Waals surface area contributed by atoms with Gasteiger partial charge in [0, 0.05) is 18.3 Å². The summed E-state index contributed by atoms with van der Waals surface area (Å²) < 4.78 is 5.19. The van der Waals surface area contributed by atoms with Crippen LogP contribution in [0.15, 0.2) is 54.7 Å². The van der Waals surface area contributed by atoms with Gasteiger partial charge in [0.25, 0.3) is 5.91 Å². The van der Waals surface area contributed by atoms with Crippen molar-refractivity contribution in [2.75, 3.05) is 13.7 Å². The van der Waals surface area contributed by atoms with E-state index in [1.54, 1.807) is 13.3 Å². The Hall–Kier alpha value is -3.15. The highest BCUT2D eigenvalue weighted by molar-refractivity contribution is 5.93. The number of likely N-dealkylation sites (tertiary alicyclic amines) is 1. The summed E-state index contributed by atoms with van der Waals surface area (Å²) >= 11 is 0. The van der Waals surface area contributed by atoms with Crippen molar-refractivity contribution in [1.82, 2.24) is 20.1 Å². The summed E-state index contributed by atoms with van der Waals surface area (Å²) in [5, 5.41) is 7.24. The van der Waals surface area contributed by atoms with E-state index < -0.39 is 0 Å². The molecule has 6 heteroatoms. The zero-order chi connectivity index (χ0) is 18.6. The van der Waals surface area contributed by atoms with Gasteiger partial charge in [0.05, 0.1) is 24.5 Å². The van der Waals surface area contributed by atoms with E-state index in [-0.39, 0.29) is 11.9 Å². The van der Waals surface area contributed by atoms with Crippen molar-refractivity contribution in [3.63, 3.8) is 0 Å². The van der Waals surface area contributed by atoms with Gasteiger partial charge in [-0.3, -0.25) is 14.9 Å². The van der Waals surface area contributed by atoms with Crippen LogP contribution >= 0.6 is 0 Å². The molecule has 4 rings (SSSR count). The van der Waals surface area contributed by atoms with Crippen molar-refractivity contribution in [3.05, 3.63) is 66.1 Å². The van der Waals surface area contributed by atoms with E-state index in [2.05, 4.69) is 15.2 Å². The number of benzene rings is 1. The first-order valence-electron chi connectivity index (χ1n) is 9.18. The van der Waals surface area contributed by atoms with Gasteiger partial charge in [-0.05, 0) is 61.7 Å². The zero-order valence-electron chi connectivity index (χ0n) is 15.3. The van der Waals surface area contributed by atoms with Crippen molar-refractivity contribution in [2.45, 2.75) is 25.3 Å². The van der Waals surface area contributed by atoms with Crippen LogP contribution in [0.1, 0.15) is 41.5 Å². The van der Waals surface area contributed by atoms with Crippen molar-refractivity contribution >= 4 is 5.91 Å². The van der Waals surface area contributed by atoms with E-state index >= 15 is 0 Å². The van der Waals surface area contributed by atoms with Gasteiger partial charge in [-0.15, -0.1) is 0 Å². The lowest BCUT2D eigenvalue weighted by molar-refractivity contribution is 0.0600. The fourth-order valence-electron chi connectivity index (χ4n) is 3.55. The van der Waals surface area contributed by atoms with Crippen molar-refractivity contribution < 1.29 is 9.53 Å². The number of carbonyl (C=O) groups excluding carboxylic acids is 1. The molecule has 1 amide bonds. The molecule has 0 aliphatic carbocycles. The van der Waals surface area contributed by atoms with Crippen LogP contribution in [0.4, 0.5) is 0 Å². The molecule has 0 saturated carbocycles. The zero-order valence-corrected chi connectivity index (χ0v) is 15.3. The van der Waals surface area contributed by atoms with E-state index in [0.29, 0.717) is 5.69 Å². The molecule has 0 radical (unpaired) electrons. The van der Waals surface area contributed by atoms with Gasteiger partial charge in [0.2, 0.25) is 0 Å². The van der Waals surface area contributed by atoms with Gasteiger partial charge in [-0.25, -0.2) is 0 Å². The molecule has 0 unspecified atom stereocenters. The number of methoxy groups -OCH3 is 1. The highest BCUT2D eigenvalue weighted by Gasteiger charge is 2.30. The van der Waals surface area contributed by atoms with Gasteiger partial charge >= 0.3 is 0 Å². The van der Waals surface area contributed by atoms with Crippen molar-refractivity contribution in [2.24, 2.45) is 0 Å². The van der Waals surface area contributed by atoms with E-state index in [1.807, 2.05) is 53.4 Å². The largest absolute Gasteiger partial charge is 0.497 e. The lowest BCUT2D eigenvalue weighted by Crippen LogP contribution is -2.39. The fraction of sp³-hybridized carbons (Fsp3) is 0.286. The van der Waals surface area contributed by atoms with E-state index in [9.17, 15) is 4.79 Å². The lowest BCUT2D eigenvalue weighted by atomic mass is 9.98. The average Bonchev–Trinajstić information content (AvgIpc) is 3.24. The quantitative estimate of drug-likeness (QED) is 0.765. The Bertz CT molecular complexity index is 905. The topological polar surface area (TPSA) is 71.1 Å². The molecule has 0 spiro atoms. The molecule has 138 valence electrons. The monoisotopic (exact) mass is 362 g/mol. The summed E-state index contributed by atoms with van der Waals surface area (Å²) in [6.07, 6.45) is 4.83. The van der Waals surface area contributed by atoms with Crippen LogP contribution in [-0.4, -0.2) is 39.6 Å². The number of ether oxygens (including phenoxy) is 1. The molecule has 1 aromatic carbocycles. The molecule has 3 heterocycles. The second-order valence-corrected chi connectivity index (χ2v) is 6.66. The Morgan fingerprint density at radius 2 is 2.04 bits per heavy atom. The smallest absolute Gasteiger partial charge is 0.272 e. The second kappa shape index (κ2) is 7.61. The molecular weight excluding hydrogens is 340 g/mol. The fourth-order valence-corrected chi connectivity index (χ4v) is 3.55. The summed E-state index contributed by atoms with van der Waals surface area (Å²) in [5.41, 5.74) is 3.13. The van der Waals surface area contributed by atoms with Crippen LogP contribution in [0.25, 0.3) is 11.3 Å². The number of carbonyl (C=O) groups is 1. The minimum atomic E-state index is -0.0300. The number of nitrogens with one attached hydrogen (secondary N) is 1. The number of aromatic amines is 1. The number of rotatable bonds is 4. The predicted octanol–water partition coefficient (Wildman–Crippen LogP) is 3.85. The maximum absolute atomic E-state index is 13.1. The lowest BCUT2D eigenvalue weighted by Gasteiger charge is -2.35. The minimum absolute atomic E-state index is 0.0141. The molecular formula is C21H22N4O2. The Labute approximate surface area is 158 Å². The molecule has 0 bridgehead atoms. The molecule has 27 heavy (non-hydrogen) atoms. The van der Waals surface area contributed by atoms with Gasteiger partial charge in [0.1, 0.15) is 11.4 Å². The second-order valence-electron chi connectivity index (χ2n) is 6.66.